The molecular formula is C35H34O7. The lowest BCUT2D eigenvalue weighted by molar-refractivity contribution is 0.103. The number of allylic oxidation sites excluding steroid dienone is 1. The highest BCUT2D eigenvalue weighted by Gasteiger charge is 2.36. The third-order valence-electron chi connectivity index (χ3n) is 7.66. The van der Waals surface area contributed by atoms with Crippen LogP contribution < -0.4 is 9.47 Å². The number of hydrogen-bond acceptors (Lipinski definition) is 7. The number of aliphatic hydroxyl groups is 1. The number of aryl methyl sites for hydroxylation is 1. The maximum absolute atomic E-state index is 13.4. The van der Waals surface area contributed by atoms with Crippen LogP contribution >= 0.6 is 0 Å². The van der Waals surface area contributed by atoms with Gasteiger partial charge in [0.2, 0.25) is 0 Å². The van der Waals surface area contributed by atoms with Crippen LogP contribution in [0.15, 0.2) is 91.0 Å². The molecule has 1 heterocycles. The van der Waals surface area contributed by atoms with Gasteiger partial charge in [-0.3, -0.25) is 4.79 Å². The first-order valence-electron chi connectivity index (χ1n) is 13.9. The van der Waals surface area contributed by atoms with Gasteiger partial charge in [0.15, 0.2) is 5.78 Å². The summed E-state index contributed by atoms with van der Waals surface area (Å²) in [7, 11) is 1.43. The predicted molar refractivity (Wildman–Crippen MR) is 160 cm³/mol. The van der Waals surface area contributed by atoms with E-state index in [-0.39, 0.29) is 34.5 Å². The van der Waals surface area contributed by atoms with E-state index in [9.17, 15) is 25.2 Å². The maximum Gasteiger partial charge on any atom is 0.193 e. The van der Waals surface area contributed by atoms with E-state index in [0.717, 1.165) is 16.7 Å². The highest BCUT2D eigenvalue weighted by atomic mass is 16.5. The van der Waals surface area contributed by atoms with Gasteiger partial charge in [-0.2, -0.15) is 0 Å². The van der Waals surface area contributed by atoms with Crippen molar-refractivity contribution in [2.45, 2.75) is 43.8 Å². The SMILES string of the molecule is COc1cc2c(c(O)c1C(=O)C=Cc1ccccc1)C(CC(O)CCc1ccc(O)cc1)CC(c1ccc(O)cc1)O2. The van der Waals surface area contributed by atoms with Crippen molar-refractivity contribution in [3.05, 3.63) is 119 Å². The summed E-state index contributed by atoms with van der Waals surface area (Å²) in [4.78, 5) is 13.4. The summed E-state index contributed by atoms with van der Waals surface area (Å²) in [5.41, 5.74) is 3.18. The molecule has 0 amide bonds. The van der Waals surface area contributed by atoms with E-state index in [1.54, 1.807) is 48.5 Å². The molecule has 0 saturated carbocycles. The lowest BCUT2D eigenvalue weighted by Crippen LogP contribution is -2.23. The zero-order chi connectivity index (χ0) is 29.6. The Balaban J connectivity index is 1.47. The summed E-state index contributed by atoms with van der Waals surface area (Å²) in [5.74, 6) is -0.0662. The van der Waals surface area contributed by atoms with Gasteiger partial charge < -0.3 is 29.9 Å². The summed E-state index contributed by atoms with van der Waals surface area (Å²) in [5, 5.41) is 42.0. The number of ether oxygens (including phenoxy) is 2. The molecule has 4 aromatic carbocycles. The van der Waals surface area contributed by atoms with Gasteiger partial charge in [0.1, 0.15) is 40.4 Å². The smallest absolute Gasteiger partial charge is 0.193 e. The van der Waals surface area contributed by atoms with E-state index >= 15 is 0 Å². The minimum Gasteiger partial charge on any atom is -0.508 e. The van der Waals surface area contributed by atoms with Gasteiger partial charge >= 0.3 is 0 Å². The largest absolute Gasteiger partial charge is 0.508 e. The highest BCUT2D eigenvalue weighted by molar-refractivity contribution is 6.11. The average molecular weight is 567 g/mol. The quantitative estimate of drug-likeness (QED) is 0.125. The minimum atomic E-state index is -0.700. The van der Waals surface area contributed by atoms with Crippen LogP contribution in [0.5, 0.6) is 28.7 Å². The number of aromatic hydroxyl groups is 3. The number of aliphatic hydroxyl groups excluding tert-OH is 1. The molecule has 3 unspecified atom stereocenters. The summed E-state index contributed by atoms with van der Waals surface area (Å²) < 4.78 is 11.9. The van der Waals surface area contributed by atoms with Crippen molar-refractivity contribution in [2.24, 2.45) is 0 Å². The van der Waals surface area contributed by atoms with Crippen molar-refractivity contribution in [3.63, 3.8) is 0 Å². The number of ketones is 1. The highest BCUT2D eigenvalue weighted by Crippen LogP contribution is 2.51. The number of methoxy groups -OCH3 is 1. The number of fused-ring (bicyclic) bond motifs is 1. The summed E-state index contributed by atoms with van der Waals surface area (Å²) in [6, 6.07) is 24.7. The topological polar surface area (TPSA) is 116 Å². The van der Waals surface area contributed by atoms with Crippen LogP contribution in [-0.4, -0.2) is 39.4 Å². The molecule has 0 aromatic heterocycles. The molecular weight excluding hydrogens is 532 g/mol. The Hall–Kier alpha value is -4.75. The Bertz CT molecular complexity index is 1540. The zero-order valence-corrected chi connectivity index (χ0v) is 23.3. The van der Waals surface area contributed by atoms with E-state index in [1.165, 1.54) is 13.2 Å². The van der Waals surface area contributed by atoms with Gasteiger partial charge in [-0.15, -0.1) is 0 Å². The van der Waals surface area contributed by atoms with Gasteiger partial charge in [-0.05, 0) is 78.6 Å². The number of phenolic OH excluding ortho intramolecular Hbond substituents is 3. The molecule has 4 N–H and O–H groups in total. The summed E-state index contributed by atoms with van der Waals surface area (Å²) in [6.45, 7) is 0. The fourth-order valence-corrected chi connectivity index (χ4v) is 5.47. The first kappa shape index (κ1) is 28.8. The van der Waals surface area contributed by atoms with Crippen LogP contribution in [0.25, 0.3) is 6.08 Å². The van der Waals surface area contributed by atoms with Crippen LogP contribution in [0.1, 0.15) is 63.9 Å². The van der Waals surface area contributed by atoms with E-state index in [4.69, 9.17) is 9.47 Å². The Morgan fingerprint density at radius 3 is 2.31 bits per heavy atom. The molecule has 0 bridgehead atoms. The number of hydrogen-bond donors (Lipinski definition) is 4. The van der Waals surface area contributed by atoms with Crippen molar-refractivity contribution < 1.29 is 34.7 Å². The third kappa shape index (κ3) is 6.58. The Morgan fingerprint density at radius 2 is 1.64 bits per heavy atom. The Labute approximate surface area is 244 Å². The second-order valence-corrected chi connectivity index (χ2v) is 10.5. The van der Waals surface area contributed by atoms with Crippen molar-refractivity contribution >= 4 is 11.9 Å². The number of benzene rings is 4. The molecule has 0 radical (unpaired) electrons. The van der Waals surface area contributed by atoms with E-state index in [0.29, 0.717) is 37.0 Å². The molecule has 7 nitrogen and oxygen atoms in total. The van der Waals surface area contributed by atoms with Gasteiger partial charge in [-0.25, -0.2) is 0 Å². The molecule has 216 valence electrons. The van der Waals surface area contributed by atoms with Crippen LogP contribution in [-0.2, 0) is 6.42 Å². The molecule has 7 heteroatoms. The van der Waals surface area contributed by atoms with Crippen LogP contribution in [0.4, 0.5) is 0 Å². The summed E-state index contributed by atoms with van der Waals surface area (Å²) >= 11 is 0. The fourth-order valence-electron chi connectivity index (χ4n) is 5.47. The lowest BCUT2D eigenvalue weighted by Gasteiger charge is -2.35. The van der Waals surface area contributed by atoms with E-state index in [1.807, 2.05) is 42.5 Å². The monoisotopic (exact) mass is 566 g/mol. The molecule has 1 aliphatic heterocycles. The first-order valence-corrected chi connectivity index (χ1v) is 13.9. The van der Waals surface area contributed by atoms with Crippen molar-refractivity contribution in [1.82, 2.24) is 0 Å². The van der Waals surface area contributed by atoms with Gasteiger partial charge in [-0.1, -0.05) is 60.7 Å². The van der Waals surface area contributed by atoms with Gasteiger partial charge in [0.25, 0.3) is 0 Å². The second kappa shape index (κ2) is 12.8. The number of phenols is 3. The average Bonchev–Trinajstić information content (AvgIpc) is 3.00. The van der Waals surface area contributed by atoms with Crippen LogP contribution in [0.3, 0.4) is 0 Å². The van der Waals surface area contributed by atoms with Gasteiger partial charge in [0.05, 0.1) is 13.2 Å². The molecule has 4 aromatic rings. The van der Waals surface area contributed by atoms with Crippen molar-refractivity contribution in [1.29, 1.82) is 0 Å². The predicted octanol–water partition coefficient (Wildman–Crippen LogP) is 6.70. The van der Waals surface area contributed by atoms with E-state index < -0.39 is 18.0 Å². The number of carbonyl (C=O) groups is 1. The number of carbonyl (C=O) groups excluding carboxylic acids is 1. The van der Waals surface area contributed by atoms with Gasteiger partial charge in [0, 0.05) is 11.6 Å². The number of rotatable bonds is 10. The maximum atomic E-state index is 13.4. The van der Waals surface area contributed by atoms with Crippen LogP contribution in [0, 0.1) is 0 Å². The zero-order valence-electron chi connectivity index (χ0n) is 23.3. The minimum absolute atomic E-state index is 0.0405. The molecule has 3 atom stereocenters. The van der Waals surface area contributed by atoms with Crippen molar-refractivity contribution in [3.8, 4) is 28.7 Å². The fraction of sp³-hybridized carbons (Fsp3) is 0.229. The normalized spacial score (nSPS) is 16.9. The molecule has 0 spiro atoms. The molecule has 5 rings (SSSR count). The molecule has 42 heavy (non-hydrogen) atoms. The Kier molecular flexibility index (Phi) is 8.79. The first-order chi connectivity index (χ1) is 20.3. The molecule has 1 aliphatic rings. The van der Waals surface area contributed by atoms with Crippen LogP contribution in [0.2, 0.25) is 0 Å². The molecule has 0 saturated heterocycles. The molecule has 0 aliphatic carbocycles. The van der Waals surface area contributed by atoms with Crippen molar-refractivity contribution in [2.75, 3.05) is 7.11 Å². The summed E-state index contributed by atoms with van der Waals surface area (Å²) in [6.07, 6.45) is 3.85. The standard InChI is InChI=1S/C35H34O7/c1-41-31-21-32-33(35(40)34(31)29(39)18-10-22-5-3-2-4-6-22)25(20-30(42-32)24-11-16-27(37)17-12-24)19-28(38)15-9-23-7-13-26(36)14-8-23/h2-8,10-14,16-18,21,25,28,30,36-38,40H,9,15,19-20H2,1H3. The molecule has 0 fully saturated rings. The third-order valence-corrected chi connectivity index (χ3v) is 7.66. The Morgan fingerprint density at radius 1 is 0.976 bits per heavy atom. The lowest BCUT2D eigenvalue weighted by atomic mass is 9.81. The second-order valence-electron chi connectivity index (χ2n) is 10.5. The van der Waals surface area contributed by atoms with E-state index in [2.05, 4.69) is 0 Å².